The molecule has 7 nitrogen and oxygen atoms in total. The van der Waals surface area contributed by atoms with Gasteiger partial charge in [0.05, 0.1) is 24.3 Å². The van der Waals surface area contributed by atoms with Gasteiger partial charge in [0.15, 0.2) is 5.69 Å². The van der Waals surface area contributed by atoms with E-state index in [2.05, 4.69) is 27.2 Å². The summed E-state index contributed by atoms with van der Waals surface area (Å²) in [6.45, 7) is 4.03. The Morgan fingerprint density at radius 2 is 2.22 bits per heavy atom. The molecule has 0 spiro atoms. The third-order valence-corrected chi connectivity index (χ3v) is 6.19. The van der Waals surface area contributed by atoms with E-state index < -0.39 is 11.5 Å². The predicted molar refractivity (Wildman–Crippen MR) is 101 cm³/mol. The number of hydrogen-bond acceptors (Lipinski definition) is 6. The molecule has 1 aromatic heterocycles. The van der Waals surface area contributed by atoms with Gasteiger partial charge < -0.3 is 15.2 Å². The van der Waals surface area contributed by atoms with Crippen molar-refractivity contribution in [2.75, 3.05) is 32.8 Å². The van der Waals surface area contributed by atoms with Crippen LogP contribution in [0.15, 0.2) is 24.3 Å². The number of fused-ring (bicyclic) bond motifs is 4. The molecule has 1 aromatic carbocycles. The molecule has 0 radical (unpaired) electrons. The van der Waals surface area contributed by atoms with Gasteiger partial charge in [0.1, 0.15) is 6.10 Å². The highest BCUT2D eigenvalue weighted by Crippen LogP contribution is 2.33. The van der Waals surface area contributed by atoms with Crippen molar-refractivity contribution in [3.8, 4) is 0 Å². The highest BCUT2D eigenvalue weighted by atomic mass is 16.5. The van der Waals surface area contributed by atoms with E-state index in [4.69, 9.17) is 15.2 Å². The van der Waals surface area contributed by atoms with Crippen molar-refractivity contribution in [1.82, 2.24) is 15.1 Å². The number of nitrogens with zero attached hydrogens (tertiary/aromatic N) is 2. The van der Waals surface area contributed by atoms with Crippen LogP contribution < -0.4 is 5.73 Å². The summed E-state index contributed by atoms with van der Waals surface area (Å²) in [4.78, 5) is 15.2. The maximum Gasteiger partial charge on any atom is 0.359 e. The average Bonchev–Trinajstić information content (AvgIpc) is 3.13. The second-order valence-electron chi connectivity index (χ2n) is 7.81. The lowest BCUT2D eigenvalue weighted by atomic mass is 9.78. The lowest BCUT2D eigenvalue weighted by molar-refractivity contribution is -0.0595. The molecule has 0 unspecified atom stereocenters. The molecule has 4 aliphatic rings. The van der Waals surface area contributed by atoms with E-state index in [0.717, 1.165) is 55.4 Å². The zero-order valence-corrected chi connectivity index (χ0v) is 15.2. The largest absolute Gasteiger partial charge is 0.454 e. The fourth-order valence-electron chi connectivity index (χ4n) is 4.39. The van der Waals surface area contributed by atoms with Crippen molar-refractivity contribution in [2.45, 2.75) is 30.9 Å². The smallest absolute Gasteiger partial charge is 0.359 e. The average molecular weight is 368 g/mol. The molecule has 3 saturated heterocycles. The molecule has 3 fully saturated rings. The summed E-state index contributed by atoms with van der Waals surface area (Å²) in [7, 11) is 0. The van der Waals surface area contributed by atoms with Gasteiger partial charge in [-0.25, -0.2) is 4.79 Å². The molecule has 0 amide bonds. The molecule has 27 heavy (non-hydrogen) atoms. The number of benzene rings is 1. The normalized spacial score (nSPS) is 30.3. The summed E-state index contributed by atoms with van der Waals surface area (Å²) < 4.78 is 11.2. The van der Waals surface area contributed by atoms with E-state index in [1.165, 1.54) is 5.57 Å². The van der Waals surface area contributed by atoms with E-state index in [1.807, 2.05) is 12.1 Å². The number of esters is 1. The van der Waals surface area contributed by atoms with E-state index in [0.29, 0.717) is 18.8 Å². The molecule has 0 saturated carbocycles. The number of ether oxygens (including phenoxy) is 2. The van der Waals surface area contributed by atoms with Gasteiger partial charge in [0, 0.05) is 25.0 Å². The van der Waals surface area contributed by atoms with Crippen LogP contribution in [0.5, 0.6) is 0 Å². The molecule has 3 N–H and O–H groups in total. The number of piperidine rings is 3. The van der Waals surface area contributed by atoms with Gasteiger partial charge in [-0.05, 0) is 42.5 Å². The standard InChI is InChI=1S/C20H24N4O3/c21-20-5-7-24(8-6-20)12-17(20)27-19(25)18-15-11-14(1-2-16(15)22-23-18)13-3-9-26-10-4-13/h1-3,11,17H,4-10,12,21H2,(H,22,23)/t17-/m0/s1. The van der Waals surface area contributed by atoms with Gasteiger partial charge in [0.25, 0.3) is 0 Å². The Kier molecular flexibility index (Phi) is 4.03. The number of nitrogens with one attached hydrogen (secondary N) is 1. The SMILES string of the molecule is NC12CCN(CC1)C[C@@H]2OC(=O)c1n[nH]c2ccc(C3=CCOCC3)cc12. The van der Waals surface area contributed by atoms with Crippen molar-refractivity contribution in [2.24, 2.45) is 5.73 Å². The lowest BCUT2D eigenvalue weighted by Gasteiger charge is -2.50. The molecule has 1 atom stereocenters. The zero-order valence-electron chi connectivity index (χ0n) is 15.2. The molecular formula is C20H24N4O3. The Hall–Kier alpha value is -2.22. The van der Waals surface area contributed by atoms with Crippen LogP contribution in [0.1, 0.15) is 35.3 Å². The Labute approximate surface area is 157 Å². The number of rotatable bonds is 3. The maximum absolute atomic E-state index is 12.9. The number of aromatic amines is 1. The Bertz CT molecular complexity index is 911. The van der Waals surface area contributed by atoms with Gasteiger partial charge in [0.2, 0.25) is 0 Å². The summed E-state index contributed by atoms with van der Waals surface area (Å²) in [6.07, 6.45) is 4.42. The third-order valence-electron chi connectivity index (χ3n) is 6.19. The van der Waals surface area contributed by atoms with Crippen LogP contribution in [0.2, 0.25) is 0 Å². The molecule has 2 bridgehead atoms. The topological polar surface area (TPSA) is 93.5 Å². The number of carbonyl (C=O) groups is 1. The number of carbonyl (C=O) groups excluding carboxylic acids is 1. The van der Waals surface area contributed by atoms with E-state index in [1.54, 1.807) is 0 Å². The Balaban J connectivity index is 1.42. The molecule has 7 heteroatoms. The molecule has 4 aliphatic heterocycles. The maximum atomic E-state index is 12.9. The van der Waals surface area contributed by atoms with Crippen LogP contribution in [-0.2, 0) is 9.47 Å². The predicted octanol–water partition coefficient (Wildman–Crippen LogP) is 1.70. The molecule has 142 valence electrons. The van der Waals surface area contributed by atoms with Crippen molar-refractivity contribution in [3.05, 3.63) is 35.5 Å². The Morgan fingerprint density at radius 1 is 1.37 bits per heavy atom. The summed E-state index contributed by atoms with van der Waals surface area (Å²) in [5.74, 6) is -0.400. The summed E-state index contributed by atoms with van der Waals surface area (Å²) >= 11 is 0. The van der Waals surface area contributed by atoms with Gasteiger partial charge in [-0.1, -0.05) is 12.1 Å². The molecule has 6 rings (SSSR count). The first kappa shape index (κ1) is 16.9. The first-order valence-electron chi connectivity index (χ1n) is 9.60. The van der Waals surface area contributed by atoms with Gasteiger partial charge in [-0.15, -0.1) is 0 Å². The highest BCUT2D eigenvalue weighted by molar-refractivity contribution is 6.02. The number of aromatic nitrogens is 2. The van der Waals surface area contributed by atoms with Gasteiger partial charge in [-0.2, -0.15) is 5.10 Å². The van der Waals surface area contributed by atoms with Crippen LogP contribution in [0.25, 0.3) is 16.5 Å². The van der Waals surface area contributed by atoms with E-state index in [9.17, 15) is 4.79 Å². The van der Waals surface area contributed by atoms with Crippen LogP contribution in [0, 0.1) is 0 Å². The summed E-state index contributed by atoms with van der Waals surface area (Å²) in [6, 6.07) is 6.03. The quantitative estimate of drug-likeness (QED) is 0.801. The van der Waals surface area contributed by atoms with Crippen LogP contribution in [-0.4, -0.2) is 65.6 Å². The number of hydrogen-bond donors (Lipinski definition) is 2. The fraction of sp³-hybridized carbons (Fsp3) is 0.500. The van der Waals surface area contributed by atoms with E-state index in [-0.39, 0.29) is 6.10 Å². The second kappa shape index (κ2) is 6.44. The van der Waals surface area contributed by atoms with Gasteiger partial charge in [-0.3, -0.25) is 10.00 Å². The third kappa shape index (κ3) is 2.96. The zero-order chi connectivity index (χ0) is 18.4. The minimum Gasteiger partial charge on any atom is -0.454 e. The van der Waals surface area contributed by atoms with Gasteiger partial charge >= 0.3 is 5.97 Å². The minimum absolute atomic E-state index is 0.277. The Morgan fingerprint density at radius 3 is 2.96 bits per heavy atom. The summed E-state index contributed by atoms with van der Waals surface area (Å²) in [5.41, 5.74) is 9.61. The number of nitrogens with two attached hydrogens (primary N) is 1. The molecule has 0 aliphatic carbocycles. The first-order chi connectivity index (χ1) is 13.1. The van der Waals surface area contributed by atoms with Crippen LogP contribution in [0.4, 0.5) is 0 Å². The summed E-state index contributed by atoms with van der Waals surface area (Å²) in [5, 5.41) is 7.97. The molecule has 2 aromatic rings. The first-order valence-corrected chi connectivity index (χ1v) is 9.60. The van der Waals surface area contributed by atoms with Crippen molar-refractivity contribution >= 4 is 22.4 Å². The molecular weight excluding hydrogens is 344 g/mol. The monoisotopic (exact) mass is 368 g/mol. The van der Waals surface area contributed by atoms with Crippen LogP contribution >= 0.6 is 0 Å². The minimum atomic E-state index is -0.408. The lowest BCUT2D eigenvalue weighted by Crippen LogP contribution is -2.67. The molecule has 5 heterocycles. The fourth-order valence-corrected chi connectivity index (χ4v) is 4.39. The number of H-pyrrole nitrogens is 1. The van der Waals surface area contributed by atoms with Crippen molar-refractivity contribution in [3.63, 3.8) is 0 Å². The van der Waals surface area contributed by atoms with Crippen LogP contribution in [0.3, 0.4) is 0 Å². The highest BCUT2D eigenvalue weighted by Gasteiger charge is 2.46. The van der Waals surface area contributed by atoms with Crippen molar-refractivity contribution in [1.29, 1.82) is 0 Å². The van der Waals surface area contributed by atoms with Crippen molar-refractivity contribution < 1.29 is 14.3 Å². The second-order valence-corrected chi connectivity index (χ2v) is 7.81. The van der Waals surface area contributed by atoms with E-state index >= 15 is 0 Å².